The highest BCUT2D eigenvalue weighted by atomic mass is 14.3. The maximum absolute atomic E-state index is 9.56. The number of nitrogens with zero attached hydrogens (tertiary/aromatic N) is 1. The molecule has 0 saturated carbocycles. The second kappa shape index (κ2) is 6.77. The van der Waals surface area contributed by atoms with E-state index in [2.05, 4.69) is 43.0 Å². The maximum Gasteiger partial charge on any atom is 0.0998 e. The van der Waals surface area contributed by atoms with E-state index >= 15 is 0 Å². The summed E-state index contributed by atoms with van der Waals surface area (Å²) >= 11 is 0. The topological polar surface area (TPSA) is 23.8 Å². The molecule has 0 saturated heterocycles. The fraction of sp³-hybridized carbons (Fsp3) is 0.0455. The maximum atomic E-state index is 9.56. The normalized spacial score (nSPS) is 10.0. The van der Waals surface area contributed by atoms with Crippen molar-refractivity contribution in [2.45, 2.75) is 6.42 Å². The molecule has 3 aromatic carbocycles. The van der Waals surface area contributed by atoms with Gasteiger partial charge in [-0.25, -0.2) is 0 Å². The lowest BCUT2D eigenvalue weighted by molar-refractivity contribution is 1.27. The molecule has 23 heavy (non-hydrogen) atoms. The summed E-state index contributed by atoms with van der Waals surface area (Å²) < 4.78 is 0. The van der Waals surface area contributed by atoms with Crippen molar-refractivity contribution in [3.63, 3.8) is 0 Å². The van der Waals surface area contributed by atoms with Crippen LogP contribution in [0.5, 0.6) is 0 Å². The van der Waals surface area contributed by atoms with Crippen molar-refractivity contribution in [3.05, 3.63) is 96.6 Å². The predicted molar refractivity (Wildman–Crippen MR) is 95.9 cm³/mol. The van der Waals surface area contributed by atoms with Crippen molar-refractivity contribution in [1.82, 2.24) is 0 Å². The molecule has 0 aliphatic heterocycles. The Morgan fingerprint density at radius 3 is 2.22 bits per heavy atom. The van der Waals surface area contributed by atoms with Crippen LogP contribution in [0.25, 0.3) is 22.3 Å². The van der Waals surface area contributed by atoms with Crippen molar-refractivity contribution < 1.29 is 0 Å². The Labute approximate surface area is 137 Å². The molecule has 0 aromatic heterocycles. The van der Waals surface area contributed by atoms with Crippen molar-refractivity contribution in [2.75, 3.05) is 0 Å². The fourth-order valence-electron chi connectivity index (χ4n) is 2.91. The van der Waals surface area contributed by atoms with Crippen molar-refractivity contribution in [3.8, 4) is 28.3 Å². The average molecular weight is 295 g/mol. The molecule has 0 aliphatic carbocycles. The number of hydrogen-bond acceptors (Lipinski definition) is 1. The van der Waals surface area contributed by atoms with Gasteiger partial charge in [0, 0.05) is 5.56 Å². The molecule has 110 valence electrons. The molecule has 0 spiro atoms. The first-order valence-electron chi connectivity index (χ1n) is 7.63. The van der Waals surface area contributed by atoms with Gasteiger partial charge in [-0.05, 0) is 34.7 Å². The lowest BCUT2D eigenvalue weighted by Crippen LogP contribution is -1.94. The van der Waals surface area contributed by atoms with Gasteiger partial charge in [0.25, 0.3) is 0 Å². The van der Waals surface area contributed by atoms with Crippen LogP contribution >= 0.6 is 0 Å². The first-order valence-corrected chi connectivity index (χ1v) is 7.63. The van der Waals surface area contributed by atoms with Crippen LogP contribution in [0.15, 0.2) is 85.5 Å². The Morgan fingerprint density at radius 1 is 0.826 bits per heavy atom. The van der Waals surface area contributed by atoms with Crippen LogP contribution in [0.2, 0.25) is 0 Å². The van der Waals surface area contributed by atoms with Gasteiger partial charge in [0.15, 0.2) is 0 Å². The second-order valence-corrected chi connectivity index (χ2v) is 5.36. The molecule has 3 aromatic rings. The first-order chi connectivity index (χ1) is 11.3. The zero-order valence-electron chi connectivity index (χ0n) is 12.9. The summed E-state index contributed by atoms with van der Waals surface area (Å²) in [6.45, 7) is 3.84. The Hall–Kier alpha value is -3.11. The highest BCUT2D eigenvalue weighted by Crippen LogP contribution is 2.36. The van der Waals surface area contributed by atoms with Crippen LogP contribution < -0.4 is 0 Å². The quantitative estimate of drug-likeness (QED) is 0.573. The Morgan fingerprint density at radius 2 is 1.52 bits per heavy atom. The van der Waals surface area contributed by atoms with Crippen LogP contribution in [-0.4, -0.2) is 0 Å². The van der Waals surface area contributed by atoms with Crippen LogP contribution in [0.3, 0.4) is 0 Å². The first kappa shape index (κ1) is 14.8. The van der Waals surface area contributed by atoms with E-state index < -0.39 is 0 Å². The number of allylic oxidation sites excluding steroid dienone is 1. The second-order valence-electron chi connectivity index (χ2n) is 5.36. The van der Waals surface area contributed by atoms with Gasteiger partial charge in [0.2, 0.25) is 0 Å². The van der Waals surface area contributed by atoms with E-state index in [1.165, 1.54) is 0 Å². The molecule has 0 fully saturated rings. The van der Waals surface area contributed by atoms with E-state index in [0.717, 1.165) is 34.2 Å². The molecule has 3 rings (SSSR count). The van der Waals surface area contributed by atoms with Gasteiger partial charge in [-0.15, -0.1) is 6.58 Å². The van der Waals surface area contributed by atoms with Crippen molar-refractivity contribution in [1.29, 1.82) is 5.26 Å². The lowest BCUT2D eigenvalue weighted by Gasteiger charge is -2.15. The highest BCUT2D eigenvalue weighted by molar-refractivity contribution is 5.87. The summed E-state index contributed by atoms with van der Waals surface area (Å²) in [5.74, 6) is 0. The molecule has 0 unspecified atom stereocenters. The highest BCUT2D eigenvalue weighted by Gasteiger charge is 2.14. The zero-order chi connectivity index (χ0) is 16.1. The van der Waals surface area contributed by atoms with E-state index in [1.54, 1.807) is 0 Å². The summed E-state index contributed by atoms with van der Waals surface area (Å²) in [5.41, 5.74) is 6.22. The van der Waals surface area contributed by atoms with Crippen LogP contribution in [-0.2, 0) is 6.42 Å². The van der Waals surface area contributed by atoms with Gasteiger partial charge in [0.05, 0.1) is 11.6 Å². The molecule has 0 N–H and O–H groups in total. The van der Waals surface area contributed by atoms with Gasteiger partial charge in [-0.3, -0.25) is 0 Å². The SMILES string of the molecule is C=CCc1cccc(C#N)c1-c1ccccc1-c1ccccc1. The van der Waals surface area contributed by atoms with Crippen LogP contribution in [0.4, 0.5) is 0 Å². The number of rotatable bonds is 4. The van der Waals surface area contributed by atoms with Crippen LogP contribution in [0.1, 0.15) is 11.1 Å². The van der Waals surface area contributed by atoms with E-state index in [0.29, 0.717) is 5.56 Å². The minimum Gasteiger partial charge on any atom is -0.192 e. The molecule has 1 nitrogen and oxygen atoms in total. The summed E-state index contributed by atoms with van der Waals surface area (Å²) in [6.07, 6.45) is 2.62. The van der Waals surface area contributed by atoms with Gasteiger partial charge < -0.3 is 0 Å². The predicted octanol–water partition coefficient (Wildman–Crippen LogP) is 5.62. The number of nitriles is 1. The third-order valence-corrected chi connectivity index (χ3v) is 3.92. The van der Waals surface area contributed by atoms with E-state index in [1.807, 2.05) is 48.5 Å². The molecule has 0 bridgehead atoms. The summed E-state index contributed by atoms with van der Waals surface area (Å²) in [7, 11) is 0. The number of benzene rings is 3. The minimum atomic E-state index is 0.702. The largest absolute Gasteiger partial charge is 0.192 e. The molecule has 0 atom stereocenters. The van der Waals surface area contributed by atoms with Gasteiger partial charge >= 0.3 is 0 Å². The number of hydrogen-bond donors (Lipinski definition) is 0. The monoisotopic (exact) mass is 295 g/mol. The summed E-state index contributed by atoms with van der Waals surface area (Å²) in [4.78, 5) is 0. The molecule has 0 aliphatic rings. The molecular weight excluding hydrogens is 278 g/mol. The van der Waals surface area contributed by atoms with Crippen molar-refractivity contribution >= 4 is 0 Å². The lowest BCUT2D eigenvalue weighted by atomic mass is 9.88. The molecule has 0 amide bonds. The molecular formula is C22H17N. The Kier molecular flexibility index (Phi) is 4.36. The van der Waals surface area contributed by atoms with Gasteiger partial charge in [0.1, 0.15) is 0 Å². The third kappa shape index (κ3) is 2.93. The molecule has 0 heterocycles. The standard InChI is InChI=1S/C22H17N/c1-2-9-18-12-8-13-19(16-23)22(18)21-15-7-6-14-20(21)17-10-4-3-5-11-17/h2-8,10-15H,1,9H2. The smallest absolute Gasteiger partial charge is 0.0998 e. The Bertz CT molecular complexity index is 870. The van der Waals surface area contributed by atoms with E-state index in [4.69, 9.17) is 0 Å². The van der Waals surface area contributed by atoms with Gasteiger partial charge in [-0.2, -0.15) is 5.26 Å². The van der Waals surface area contributed by atoms with Crippen LogP contribution in [0, 0.1) is 11.3 Å². The zero-order valence-corrected chi connectivity index (χ0v) is 12.9. The van der Waals surface area contributed by atoms with E-state index in [9.17, 15) is 5.26 Å². The van der Waals surface area contributed by atoms with Gasteiger partial charge in [-0.1, -0.05) is 72.8 Å². The molecule has 0 radical (unpaired) electrons. The summed E-state index contributed by atoms with van der Waals surface area (Å²) in [5, 5.41) is 9.56. The minimum absolute atomic E-state index is 0.702. The third-order valence-electron chi connectivity index (χ3n) is 3.92. The molecule has 1 heteroatoms. The average Bonchev–Trinajstić information content (AvgIpc) is 2.62. The van der Waals surface area contributed by atoms with Crippen molar-refractivity contribution in [2.24, 2.45) is 0 Å². The van der Waals surface area contributed by atoms with E-state index in [-0.39, 0.29) is 0 Å². The Balaban J connectivity index is 2.29. The fourth-order valence-corrected chi connectivity index (χ4v) is 2.91. The summed E-state index contributed by atoms with van der Waals surface area (Å²) in [6, 6.07) is 26.8.